The van der Waals surface area contributed by atoms with E-state index < -0.39 is 21.6 Å². The maximum absolute atomic E-state index is 12.9. The summed E-state index contributed by atoms with van der Waals surface area (Å²) in [7, 11) is -3.10. The number of benzene rings is 1. The average molecular weight is 378 g/mol. The molecule has 140 valence electrons. The van der Waals surface area contributed by atoms with Crippen LogP contribution in [0.2, 0.25) is 0 Å². The number of carbonyl (C=O) groups is 1. The number of para-hydroxylation sites is 1. The van der Waals surface area contributed by atoms with Crippen molar-refractivity contribution in [1.82, 2.24) is 4.90 Å². The highest BCUT2D eigenvalue weighted by Crippen LogP contribution is 2.34. The van der Waals surface area contributed by atoms with Crippen molar-refractivity contribution in [3.63, 3.8) is 0 Å². The lowest BCUT2D eigenvalue weighted by molar-refractivity contribution is -0.137. The van der Waals surface area contributed by atoms with Crippen LogP contribution in [-0.2, 0) is 20.8 Å². The van der Waals surface area contributed by atoms with Gasteiger partial charge in [0.2, 0.25) is 5.91 Å². The van der Waals surface area contributed by atoms with Gasteiger partial charge in [0.15, 0.2) is 9.84 Å². The summed E-state index contributed by atoms with van der Waals surface area (Å²) >= 11 is 0. The smallest absolute Gasteiger partial charge is 0.384 e. The van der Waals surface area contributed by atoms with E-state index in [2.05, 4.69) is 5.32 Å². The van der Waals surface area contributed by atoms with Crippen LogP contribution in [0.4, 0.5) is 18.9 Å². The van der Waals surface area contributed by atoms with Gasteiger partial charge in [-0.15, -0.1) is 0 Å². The largest absolute Gasteiger partial charge is 0.418 e. The number of anilines is 1. The van der Waals surface area contributed by atoms with Crippen molar-refractivity contribution in [2.75, 3.05) is 29.9 Å². The van der Waals surface area contributed by atoms with Crippen molar-refractivity contribution in [2.24, 2.45) is 0 Å². The monoisotopic (exact) mass is 378 g/mol. The van der Waals surface area contributed by atoms with Crippen LogP contribution in [0.3, 0.4) is 0 Å². The minimum absolute atomic E-state index is 0.00339. The molecule has 1 amide bonds. The van der Waals surface area contributed by atoms with Crippen LogP contribution >= 0.6 is 0 Å². The van der Waals surface area contributed by atoms with Crippen molar-refractivity contribution in [3.8, 4) is 0 Å². The molecule has 1 aromatic carbocycles. The molecular weight excluding hydrogens is 357 g/mol. The number of halogens is 3. The average Bonchev–Trinajstić information content (AvgIpc) is 2.87. The molecule has 1 aromatic rings. The molecule has 0 bridgehead atoms. The Hall–Kier alpha value is -1.77. The first-order valence-electron chi connectivity index (χ1n) is 8.04. The van der Waals surface area contributed by atoms with Gasteiger partial charge >= 0.3 is 6.18 Å². The molecule has 9 heteroatoms. The van der Waals surface area contributed by atoms with E-state index in [9.17, 15) is 26.4 Å². The van der Waals surface area contributed by atoms with E-state index in [1.54, 1.807) is 6.92 Å². The molecule has 1 aliphatic heterocycles. The van der Waals surface area contributed by atoms with Gasteiger partial charge in [0.25, 0.3) is 0 Å². The fraction of sp³-hybridized carbons (Fsp3) is 0.562. The van der Waals surface area contributed by atoms with Crippen molar-refractivity contribution in [1.29, 1.82) is 0 Å². The third kappa shape index (κ3) is 5.10. The molecule has 5 nitrogen and oxygen atoms in total. The van der Waals surface area contributed by atoms with Crippen molar-refractivity contribution in [3.05, 3.63) is 29.8 Å². The summed E-state index contributed by atoms with van der Waals surface area (Å²) < 4.78 is 61.9. The van der Waals surface area contributed by atoms with Crippen LogP contribution in [0.1, 0.15) is 25.3 Å². The van der Waals surface area contributed by atoms with E-state index in [1.807, 2.05) is 0 Å². The van der Waals surface area contributed by atoms with E-state index in [1.165, 1.54) is 23.1 Å². The molecule has 1 heterocycles. The molecule has 2 rings (SSSR count). The quantitative estimate of drug-likeness (QED) is 0.826. The summed E-state index contributed by atoms with van der Waals surface area (Å²) in [6, 6.07) is 4.74. The molecule has 1 atom stereocenters. The van der Waals surface area contributed by atoms with Gasteiger partial charge in [0.05, 0.1) is 17.1 Å². The second kappa shape index (κ2) is 7.63. The molecule has 0 aliphatic carbocycles. The Labute approximate surface area is 145 Å². The Bertz CT molecular complexity index is 720. The number of carbonyl (C=O) groups excluding carboxylic acids is 1. The molecule has 1 aliphatic rings. The highest BCUT2D eigenvalue weighted by Gasteiger charge is 2.34. The SMILES string of the molecule is CCN(C(=O)CCNc1ccccc1C(F)(F)F)C1CCS(=O)(=O)C1. The molecule has 0 spiro atoms. The standard InChI is InChI=1S/C16H21F3N2O3S/c1-2-21(12-8-10-25(23,24)11-12)15(22)7-9-20-14-6-4-3-5-13(14)16(17,18)19/h3-6,12,20H,2,7-11H2,1H3. The third-order valence-electron chi connectivity index (χ3n) is 4.20. The molecule has 1 saturated heterocycles. The van der Waals surface area contributed by atoms with E-state index in [0.717, 1.165) is 6.07 Å². The first-order valence-corrected chi connectivity index (χ1v) is 9.86. The van der Waals surface area contributed by atoms with E-state index in [4.69, 9.17) is 0 Å². The molecule has 1 N–H and O–H groups in total. The normalized spacial score (nSPS) is 19.6. The first kappa shape index (κ1) is 19.6. The van der Waals surface area contributed by atoms with Crippen molar-refractivity contribution in [2.45, 2.75) is 32.0 Å². The van der Waals surface area contributed by atoms with Crippen LogP contribution < -0.4 is 5.32 Å². The van der Waals surface area contributed by atoms with E-state index >= 15 is 0 Å². The van der Waals surface area contributed by atoms with E-state index in [-0.39, 0.29) is 42.1 Å². The highest BCUT2D eigenvalue weighted by atomic mass is 32.2. The minimum atomic E-state index is -4.47. The Kier molecular flexibility index (Phi) is 5.97. The van der Waals surface area contributed by atoms with Gasteiger partial charge in [-0.25, -0.2) is 8.42 Å². The van der Waals surface area contributed by atoms with Gasteiger partial charge in [0, 0.05) is 31.2 Å². The molecule has 0 radical (unpaired) electrons. The topological polar surface area (TPSA) is 66.5 Å². The Morgan fingerprint density at radius 3 is 2.56 bits per heavy atom. The lowest BCUT2D eigenvalue weighted by Gasteiger charge is -2.27. The molecule has 25 heavy (non-hydrogen) atoms. The van der Waals surface area contributed by atoms with Gasteiger partial charge in [-0.2, -0.15) is 13.2 Å². The molecule has 1 unspecified atom stereocenters. The van der Waals surface area contributed by atoms with Gasteiger partial charge in [-0.3, -0.25) is 4.79 Å². The molecule has 1 fully saturated rings. The molecule has 0 saturated carbocycles. The Morgan fingerprint density at radius 1 is 1.32 bits per heavy atom. The van der Waals surface area contributed by atoms with Crippen LogP contribution in [0, 0.1) is 0 Å². The van der Waals surface area contributed by atoms with Crippen LogP contribution in [0.5, 0.6) is 0 Å². The number of hydrogen-bond acceptors (Lipinski definition) is 4. The Balaban J connectivity index is 1.94. The lowest BCUT2D eigenvalue weighted by Crippen LogP contribution is -2.41. The zero-order valence-corrected chi connectivity index (χ0v) is 14.7. The number of amides is 1. The molecular formula is C16H21F3N2O3S. The van der Waals surface area contributed by atoms with Crippen LogP contribution in [0.25, 0.3) is 0 Å². The summed E-state index contributed by atoms with van der Waals surface area (Å²) in [6.45, 7) is 2.18. The number of sulfone groups is 1. The van der Waals surface area contributed by atoms with Gasteiger partial charge in [0.1, 0.15) is 0 Å². The molecule has 0 aromatic heterocycles. The number of alkyl halides is 3. The van der Waals surface area contributed by atoms with Crippen molar-refractivity contribution >= 4 is 21.4 Å². The fourth-order valence-electron chi connectivity index (χ4n) is 2.99. The number of nitrogens with one attached hydrogen (secondary N) is 1. The summed E-state index contributed by atoms with van der Waals surface area (Å²) in [5.74, 6) is -0.239. The number of nitrogens with zero attached hydrogens (tertiary/aromatic N) is 1. The fourth-order valence-corrected chi connectivity index (χ4v) is 4.72. The second-order valence-corrected chi connectivity index (χ2v) is 8.19. The van der Waals surface area contributed by atoms with E-state index in [0.29, 0.717) is 13.0 Å². The second-order valence-electron chi connectivity index (χ2n) is 5.96. The van der Waals surface area contributed by atoms with Crippen molar-refractivity contribution < 1.29 is 26.4 Å². The summed E-state index contributed by atoms with van der Waals surface area (Å²) in [5.41, 5.74) is -0.856. The third-order valence-corrected chi connectivity index (χ3v) is 5.95. The van der Waals surface area contributed by atoms with Gasteiger partial charge in [-0.1, -0.05) is 12.1 Å². The summed E-state index contributed by atoms with van der Waals surface area (Å²) in [5, 5.41) is 2.65. The minimum Gasteiger partial charge on any atom is -0.384 e. The number of hydrogen-bond donors (Lipinski definition) is 1. The zero-order valence-electron chi connectivity index (χ0n) is 13.8. The van der Waals surface area contributed by atoms with Gasteiger partial charge in [-0.05, 0) is 25.5 Å². The van der Waals surface area contributed by atoms with Crippen LogP contribution in [-0.4, -0.2) is 49.9 Å². The number of rotatable bonds is 6. The maximum Gasteiger partial charge on any atom is 0.418 e. The highest BCUT2D eigenvalue weighted by molar-refractivity contribution is 7.91. The predicted octanol–water partition coefficient (Wildman–Crippen LogP) is 2.54. The predicted molar refractivity (Wildman–Crippen MR) is 89.0 cm³/mol. The van der Waals surface area contributed by atoms with Gasteiger partial charge < -0.3 is 10.2 Å². The summed E-state index contributed by atoms with van der Waals surface area (Å²) in [4.78, 5) is 13.8. The Morgan fingerprint density at radius 2 is 2.00 bits per heavy atom. The van der Waals surface area contributed by atoms with Crippen LogP contribution in [0.15, 0.2) is 24.3 Å². The first-order chi connectivity index (χ1) is 11.6. The zero-order chi connectivity index (χ0) is 18.7. The summed E-state index contributed by atoms with van der Waals surface area (Å²) in [6.07, 6.45) is -4.07. The maximum atomic E-state index is 12.9. The lowest BCUT2D eigenvalue weighted by atomic mass is 10.1.